The highest BCUT2D eigenvalue weighted by Crippen LogP contribution is 2.45. The highest BCUT2D eigenvalue weighted by Gasteiger charge is 2.33. The average molecular weight is 381 g/mol. The number of rotatable bonds is 4. The summed E-state index contributed by atoms with van der Waals surface area (Å²) in [5, 5.41) is 4.30. The number of hydrogen-bond donors (Lipinski definition) is 1. The van der Waals surface area contributed by atoms with Crippen LogP contribution >= 0.6 is 11.3 Å². The fourth-order valence-electron chi connectivity index (χ4n) is 3.44. The number of nitrogens with zero attached hydrogens (tertiary/aromatic N) is 1. The van der Waals surface area contributed by atoms with E-state index < -0.39 is 0 Å². The van der Waals surface area contributed by atoms with Gasteiger partial charge < -0.3 is 14.8 Å². The number of ether oxygens (including phenoxy) is 2. The second kappa shape index (κ2) is 6.57. The second-order valence-electron chi connectivity index (χ2n) is 7.62. The van der Waals surface area contributed by atoms with E-state index in [0.717, 1.165) is 40.0 Å². The molecule has 2 heterocycles. The lowest BCUT2D eigenvalue weighted by molar-refractivity contribution is 0.134. The van der Waals surface area contributed by atoms with Crippen molar-refractivity contribution in [3.05, 3.63) is 52.4 Å². The van der Waals surface area contributed by atoms with Crippen molar-refractivity contribution < 1.29 is 9.47 Å². The largest absolute Gasteiger partial charge is 0.493 e. The number of anilines is 2. The molecule has 1 aromatic heterocycles. The molecule has 2 aromatic carbocycles. The molecule has 0 saturated heterocycles. The maximum absolute atomic E-state index is 6.08. The maximum Gasteiger partial charge on any atom is 0.187 e. The van der Waals surface area contributed by atoms with Gasteiger partial charge >= 0.3 is 0 Å². The van der Waals surface area contributed by atoms with E-state index in [2.05, 4.69) is 63.3 Å². The monoisotopic (exact) mass is 380 g/mol. The van der Waals surface area contributed by atoms with Gasteiger partial charge in [-0.1, -0.05) is 17.7 Å². The second-order valence-corrected chi connectivity index (χ2v) is 8.82. The number of methoxy groups -OCH3 is 1. The fourth-order valence-corrected chi connectivity index (χ4v) is 4.30. The van der Waals surface area contributed by atoms with Crippen LogP contribution in [0.4, 0.5) is 10.8 Å². The molecule has 0 fully saturated rings. The van der Waals surface area contributed by atoms with Crippen LogP contribution in [0.2, 0.25) is 0 Å². The minimum atomic E-state index is -0.205. The van der Waals surface area contributed by atoms with Crippen molar-refractivity contribution in [1.29, 1.82) is 0 Å². The Kier molecular flexibility index (Phi) is 4.35. The Hall–Kier alpha value is -2.53. The van der Waals surface area contributed by atoms with E-state index in [0.29, 0.717) is 0 Å². The summed E-state index contributed by atoms with van der Waals surface area (Å²) < 4.78 is 11.7. The molecule has 4 rings (SSSR count). The summed E-state index contributed by atoms with van der Waals surface area (Å²) in [6.07, 6.45) is 0.865. The first-order valence-electron chi connectivity index (χ1n) is 9.06. The van der Waals surface area contributed by atoms with Crippen LogP contribution in [0.1, 0.15) is 29.9 Å². The van der Waals surface area contributed by atoms with Crippen LogP contribution in [0.15, 0.2) is 36.4 Å². The summed E-state index contributed by atoms with van der Waals surface area (Å²) in [7, 11) is 1.69. The summed E-state index contributed by atoms with van der Waals surface area (Å²) >= 11 is 1.66. The lowest BCUT2D eigenvalue weighted by Crippen LogP contribution is -2.24. The van der Waals surface area contributed by atoms with Crippen molar-refractivity contribution in [2.45, 2.75) is 39.7 Å². The Bertz CT molecular complexity index is 990. The van der Waals surface area contributed by atoms with Crippen molar-refractivity contribution >= 4 is 22.2 Å². The molecule has 0 atom stereocenters. The molecule has 1 N–H and O–H groups in total. The number of aromatic nitrogens is 1. The van der Waals surface area contributed by atoms with E-state index in [9.17, 15) is 0 Å². The van der Waals surface area contributed by atoms with Crippen LogP contribution in [-0.4, -0.2) is 17.7 Å². The molecule has 0 bridgehead atoms. The zero-order valence-corrected chi connectivity index (χ0v) is 17.2. The van der Waals surface area contributed by atoms with Crippen LogP contribution in [-0.2, 0) is 6.42 Å². The zero-order chi connectivity index (χ0) is 19.2. The summed E-state index contributed by atoms with van der Waals surface area (Å²) in [5.41, 5.74) is 5.31. The average Bonchev–Trinajstić information content (AvgIpc) is 3.13. The molecule has 1 aliphatic rings. The molecule has 3 aromatic rings. The number of benzene rings is 2. The zero-order valence-electron chi connectivity index (χ0n) is 16.3. The van der Waals surface area contributed by atoms with Gasteiger partial charge in [0, 0.05) is 28.1 Å². The van der Waals surface area contributed by atoms with Gasteiger partial charge in [0.2, 0.25) is 0 Å². The van der Waals surface area contributed by atoms with Gasteiger partial charge in [0.25, 0.3) is 0 Å². The van der Waals surface area contributed by atoms with Gasteiger partial charge in [0.15, 0.2) is 16.6 Å². The lowest BCUT2D eigenvalue weighted by Gasteiger charge is -2.17. The van der Waals surface area contributed by atoms with Crippen molar-refractivity contribution in [3.63, 3.8) is 0 Å². The predicted octanol–water partition coefficient (Wildman–Crippen LogP) is 5.89. The van der Waals surface area contributed by atoms with Gasteiger partial charge in [-0.05, 0) is 52.0 Å². The molecule has 0 radical (unpaired) electrons. The SMILES string of the molecule is COc1cc(-c2nc(Nc3ccc(C)cc3)sc2C)cc2c1OC(C)(C)C2. The molecule has 0 saturated carbocycles. The summed E-state index contributed by atoms with van der Waals surface area (Å²) in [4.78, 5) is 6.02. The van der Waals surface area contributed by atoms with Crippen LogP contribution in [0.3, 0.4) is 0 Å². The van der Waals surface area contributed by atoms with E-state index in [1.54, 1.807) is 18.4 Å². The highest BCUT2D eigenvalue weighted by atomic mass is 32.1. The minimum Gasteiger partial charge on any atom is -0.493 e. The van der Waals surface area contributed by atoms with Crippen molar-refractivity contribution in [2.24, 2.45) is 0 Å². The van der Waals surface area contributed by atoms with Crippen LogP contribution in [0.5, 0.6) is 11.5 Å². The van der Waals surface area contributed by atoms with Crippen molar-refractivity contribution in [1.82, 2.24) is 4.98 Å². The third-order valence-electron chi connectivity index (χ3n) is 4.72. The number of hydrogen-bond acceptors (Lipinski definition) is 5. The van der Waals surface area contributed by atoms with E-state index in [4.69, 9.17) is 14.5 Å². The van der Waals surface area contributed by atoms with E-state index in [-0.39, 0.29) is 5.60 Å². The Labute approximate surface area is 164 Å². The maximum atomic E-state index is 6.08. The Balaban J connectivity index is 1.68. The first-order valence-corrected chi connectivity index (χ1v) is 9.88. The smallest absolute Gasteiger partial charge is 0.187 e. The third kappa shape index (κ3) is 3.52. The van der Waals surface area contributed by atoms with Gasteiger partial charge in [-0.25, -0.2) is 4.98 Å². The van der Waals surface area contributed by atoms with Crippen molar-refractivity contribution in [3.8, 4) is 22.8 Å². The van der Waals surface area contributed by atoms with Crippen LogP contribution in [0.25, 0.3) is 11.3 Å². The molecule has 4 nitrogen and oxygen atoms in total. The molecule has 0 aliphatic carbocycles. The molecular weight excluding hydrogens is 356 g/mol. The fraction of sp³-hybridized carbons (Fsp3) is 0.318. The summed E-state index contributed by atoms with van der Waals surface area (Å²) in [6.45, 7) is 8.39. The van der Waals surface area contributed by atoms with Gasteiger partial charge in [0.05, 0.1) is 12.8 Å². The highest BCUT2D eigenvalue weighted by molar-refractivity contribution is 7.16. The van der Waals surface area contributed by atoms with Gasteiger partial charge in [-0.2, -0.15) is 0 Å². The number of nitrogens with one attached hydrogen (secondary N) is 1. The number of aryl methyl sites for hydroxylation is 2. The first-order chi connectivity index (χ1) is 12.8. The molecule has 0 unspecified atom stereocenters. The van der Waals surface area contributed by atoms with Crippen molar-refractivity contribution in [2.75, 3.05) is 12.4 Å². The lowest BCUT2D eigenvalue weighted by atomic mass is 9.99. The van der Waals surface area contributed by atoms with Gasteiger partial charge in [0.1, 0.15) is 5.60 Å². The predicted molar refractivity (Wildman–Crippen MR) is 112 cm³/mol. The normalized spacial score (nSPS) is 14.6. The molecule has 5 heteroatoms. The first kappa shape index (κ1) is 17.9. The molecular formula is C22H24N2O2S. The Morgan fingerprint density at radius 2 is 1.89 bits per heavy atom. The van der Waals surface area contributed by atoms with E-state index >= 15 is 0 Å². The van der Waals surface area contributed by atoms with Crippen LogP contribution in [0, 0.1) is 13.8 Å². The summed E-state index contributed by atoms with van der Waals surface area (Å²) in [6, 6.07) is 12.5. The molecule has 0 spiro atoms. The van der Waals surface area contributed by atoms with Gasteiger partial charge in [-0.15, -0.1) is 11.3 Å². The molecule has 27 heavy (non-hydrogen) atoms. The van der Waals surface area contributed by atoms with E-state index in [1.165, 1.54) is 16.0 Å². The Morgan fingerprint density at radius 1 is 1.15 bits per heavy atom. The topological polar surface area (TPSA) is 43.4 Å². The molecule has 0 amide bonds. The number of fused-ring (bicyclic) bond motifs is 1. The Morgan fingerprint density at radius 3 is 2.59 bits per heavy atom. The standard InChI is InChI=1S/C22H24N2O2S/c1-13-6-8-17(9-7-13)23-21-24-19(14(2)27-21)15-10-16-12-22(3,4)26-20(16)18(11-15)25-5/h6-11H,12H2,1-5H3,(H,23,24). The van der Waals surface area contributed by atoms with E-state index in [1.807, 2.05) is 6.07 Å². The third-order valence-corrected chi connectivity index (χ3v) is 5.61. The minimum absolute atomic E-state index is 0.205. The molecule has 1 aliphatic heterocycles. The number of thiazole rings is 1. The summed E-state index contributed by atoms with van der Waals surface area (Å²) in [5.74, 6) is 1.63. The quantitative estimate of drug-likeness (QED) is 0.613. The molecule has 140 valence electrons. The van der Waals surface area contributed by atoms with Gasteiger partial charge in [-0.3, -0.25) is 0 Å². The van der Waals surface area contributed by atoms with Crippen LogP contribution < -0.4 is 14.8 Å².